The zero-order valence-corrected chi connectivity index (χ0v) is 19.0. The van der Waals surface area contributed by atoms with Crippen molar-refractivity contribution in [3.8, 4) is 34.0 Å². The second-order valence-electron chi connectivity index (χ2n) is 9.81. The standard InChI is InChI=1S/C25H30N6O2/c1-24-9-10-25(2,30-24)14-18(13-24)31(3)22-8-7-20(27-28-22)19-6-5-16(11-21(19)32)17-12-23(33-4)29-26-15-17/h5-8,11-12,15,18,30,32H,9-10,13-14H2,1-4H3/t18?,24-,25+/i4D3. The van der Waals surface area contributed by atoms with E-state index >= 15 is 0 Å². The lowest BCUT2D eigenvalue weighted by Gasteiger charge is -2.45. The lowest BCUT2D eigenvalue weighted by Crippen LogP contribution is -2.58. The van der Waals surface area contributed by atoms with E-state index in [1.54, 1.807) is 18.2 Å². The van der Waals surface area contributed by atoms with Crippen LogP contribution in [0.5, 0.6) is 11.6 Å². The molecule has 3 atom stereocenters. The van der Waals surface area contributed by atoms with E-state index in [1.165, 1.54) is 25.1 Å². The molecule has 8 heteroatoms. The number of phenols is 1. The summed E-state index contributed by atoms with van der Waals surface area (Å²) in [5.74, 6) is 0.707. The van der Waals surface area contributed by atoms with Crippen molar-refractivity contribution < 1.29 is 14.0 Å². The fourth-order valence-electron chi connectivity index (χ4n) is 5.42. The Labute approximate surface area is 198 Å². The molecule has 3 aromatic rings. The summed E-state index contributed by atoms with van der Waals surface area (Å²) >= 11 is 0. The summed E-state index contributed by atoms with van der Waals surface area (Å²) in [6, 6.07) is 10.8. The zero-order chi connectivity index (χ0) is 25.7. The normalized spacial score (nSPS) is 28.0. The molecule has 172 valence electrons. The highest BCUT2D eigenvalue weighted by atomic mass is 16.5. The van der Waals surface area contributed by atoms with Crippen LogP contribution in [0.4, 0.5) is 5.82 Å². The molecule has 2 saturated heterocycles. The highest BCUT2D eigenvalue weighted by molar-refractivity contribution is 5.74. The molecule has 0 amide bonds. The van der Waals surface area contributed by atoms with Gasteiger partial charge in [-0.15, -0.1) is 15.3 Å². The Hall–Kier alpha value is -3.26. The van der Waals surface area contributed by atoms with Gasteiger partial charge in [-0.25, -0.2) is 0 Å². The fourth-order valence-corrected chi connectivity index (χ4v) is 5.42. The number of phenolic OH excluding ortho intramolecular Hbond substituents is 1. The van der Waals surface area contributed by atoms with Gasteiger partial charge in [-0.05, 0) is 69.4 Å². The second-order valence-corrected chi connectivity index (χ2v) is 9.81. The molecule has 5 rings (SSSR count). The third kappa shape index (κ3) is 4.11. The van der Waals surface area contributed by atoms with Crippen molar-refractivity contribution in [3.63, 3.8) is 0 Å². The van der Waals surface area contributed by atoms with Crippen LogP contribution in [0.25, 0.3) is 22.4 Å². The molecule has 2 fully saturated rings. The lowest BCUT2D eigenvalue weighted by molar-refractivity contribution is 0.207. The maximum Gasteiger partial charge on any atom is 0.233 e. The third-order valence-electron chi connectivity index (χ3n) is 7.11. The van der Waals surface area contributed by atoms with Crippen LogP contribution < -0.4 is 15.0 Å². The van der Waals surface area contributed by atoms with Crippen LogP contribution in [0.3, 0.4) is 0 Å². The molecular weight excluding hydrogens is 416 g/mol. The van der Waals surface area contributed by atoms with E-state index in [2.05, 4.69) is 51.5 Å². The number of hydrogen-bond donors (Lipinski definition) is 2. The number of piperidine rings is 1. The fraction of sp³-hybridized carbons (Fsp3) is 0.440. The Kier molecular flexibility index (Phi) is 4.38. The summed E-state index contributed by atoms with van der Waals surface area (Å²) in [7, 11) is -0.549. The summed E-state index contributed by atoms with van der Waals surface area (Å²) in [5, 5.41) is 30.9. The first-order valence-electron chi connectivity index (χ1n) is 12.6. The van der Waals surface area contributed by atoms with Crippen molar-refractivity contribution in [1.82, 2.24) is 25.7 Å². The number of nitrogens with one attached hydrogen (secondary N) is 1. The zero-order valence-electron chi connectivity index (χ0n) is 22.0. The number of methoxy groups -OCH3 is 1. The van der Waals surface area contributed by atoms with Gasteiger partial charge in [0.05, 0.1) is 23.0 Å². The van der Waals surface area contributed by atoms with E-state index in [9.17, 15) is 5.11 Å². The molecule has 33 heavy (non-hydrogen) atoms. The maximum atomic E-state index is 10.7. The predicted octanol–water partition coefficient (Wildman–Crippen LogP) is 3.81. The largest absolute Gasteiger partial charge is 0.507 e. The molecule has 0 saturated carbocycles. The molecule has 0 aliphatic carbocycles. The Bertz CT molecular complexity index is 1250. The minimum atomic E-state index is -2.62. The smallest absolute Gasteiger partial charge is 0.233 e. The molecule has 2 bridgehead atoms. The average Bonchev–Trinajstić information content (AvgIpc) is 3.04. The maximum absolute atomic E-state index is 10.7. The Morgan fingerprint density at radius 1 is 1.06 bits per heavy atom. The van der Waals surface area contributed by atoms with Gasteiger partial charge in [0.2, 0.25) is 5.88 Å². The number of fused-ring (bicyclic) bond motifs is 2. The van der Waals surface area contributed by atoms with Crippen molar-refractivity contribution in [3.05, 3.63) is 42.6 Å². The number of aromatic nitrogens is 4. The quantitative estimate of drug-likeness (QED) is 0.607. The summed E-state index contributed by atoms with van der Waals surface area (Å²) in [6.45, 7) is 4.62. The number of ether oxygens (including phenoxy) is 1. The Morgan fingerprint density at radius 3 is 2.52 bits per heavy atom. The number of nitrogens with zero attached hydrogens (tertiary/aromatic N) is 5. The van der Waals surface area contributed by atoms with Crippen LogP contribution in [-0.2, 0) is 0 Å². The molecule has 4 heterocycles. The van der Waals surface area contributed by atoms with E-state index in [4.69, 9.17) is 8.85 Å². The molecule has 1 unspecified atom stereocenters. The van der Waals surface area contributed by atoms with Crippen molar-refractivity contribution in [1.29, 1.82) is 0 Å². The van der Waals surface area contributed by atoms with Crippen molar-refractivity contribution in [2.24, 2.45) is 0 Å². The summed E-state index contributed by atoms with van der Waals surface area (Å²) in [5.41, 5.74) is 2.62. The van der Waals surface area contributed by atoms with E-state index < -0.39 is 7.04 Å². The van der Waals surface area contributed by atoms with Crippen molar-refractivity contribution >= 4 is 5.82 Å². The van der Waals surface area contributed by atoms with Crippen LogP contribution in [0.15, 0.2) is 42.6 Å². The molecule has 0 spiro atoms. The molecule has 0 radical (unpaired) electrons. The average molecular weight is 450 g/mol. The van der Waals surface area contributed by atoms with Gasteiger partial charge in [0.25, 0.3) is 0 Å². The first-order chi connectivity index (χ1) is 16.9. The molecule has 2 N–H and O–H groups in total. The number of benzene rings is 1. The van der Waals surface area contributed by atoms with Crippen LogP contribution >= 0.6 is 0 Å². The Morgan fingerprint density at radius 2 is 1.85 bits per heavy atom. The molecule has 2 aromatic heterocycles. The van der Waals surface area contributed by atoms with Crippen LogP contribution in [0.1, 0.15) is 43.6 Å². The first-order valence-corrected chi connectivity index (χ1v) is 11.1. The van der Waals surface area contributed by atoms with Gasteiger partial charge in [-0.3, -0.25) is 0 Å². The minimum absolute atomic E-state index is 0.0220. The highest BCUT2D eigenvalue weighted by Gasteiger charge is 2.49. The van der Waals surface area contributed by atoms with Gasteiger partial charge in [-0.2, -0.15) is 5.10 Å². The summed E-state index contributed by atoms with van der Waals surface area (Å²) in [6.07, 6.45) is 5.98. The number of anilines is 1. The van der Waals surface area contributed by atoms with E-state index in [1.807, 2.05) is 12.1 Å². The summed E-state index contributed by atoms with van der Waals surface area (Å²) in [4.78, 5) is 2.22. The topological polar surface area (TPSA) is 96.3 Å². The number of hydrogen-bond acceptors (Lipinski definition) is 8. The number of aromatic hydroxyl groups is 1. The first kappa shape index (κ1) is 18.2. The van der Waals surface area contributed by atoms with E-state index in [-0.39, 0.29) is 22.7 Å². The molecule has 2 aliphatic rings. The van der Waals surface area contributed by atoms with E-state index in [0.717, 1.165) is 18.7 Å². The molecule has 2 aliphatic heterocycles. The Balaban J connectivity index is 1.33. The van der Waals surface area contributed by atoms with Gasteiger partial charge < -0.3 is 20.1 Å². The van der Waals surface area contributed by atoms with Gasteiger partial charge in [0, 0.05) is 41.4 Å². The molecule has 1 aromatic carbocycles. The van der Waals surface area contributed by atoms with Crippen LogP contribution in [0, 0.1) is 0 Å². The lowest BCUT2D eigenvalue weighted by atomic mass is 9.84. The SMILES string of the molecule is [2H]C([2H])([2H])Oc1cc(-c2ccc(-c3ccc(N(C)C4C[C@]5(C)CC[C@](C)(C4)N5)nn3)c(O)c2)cnn1. The highest BCUT2D eigenvalue weighted by Crippen LogP contribution is 2.43. The minimum Gasteiger partial charge on any atom is -0.507 e. The van der Waals surface area contributed by atoms with Gasteiger partial charge in [0.1, 0.15) is 5.75 Å². The third-order valence-corrected chi connectivity index (χ3v) is 7.11. The second kappa shape index (κ2) is 7.95. The molecule has 8 nitrogen and oxygen atoms in total. The van der Waals surface area contributed by atoms with Crippen molar-refractivity contribution in [2.45, 2.75) is 56.7 Å². The summed E-state index contributed by atoms with van der Waals surface area (Å²) < 4.78 is 26.5. The van der Waals surface area contributed by atoms with Crippen LogP contribution in [-0.4, -0.2) is 56.7 Å². The van der Waals surface area contributed by atoms with Gasteiger partial charge in [0.15, 0.2) is 5.82 Å². The van der Waals surface area contributed by atoms with Gasteiger partial charge >= 0.3 is 0 Å². The number of rotatable bonds is 5. The van der Waals surface area contributed by atoms with E-state index in [0.29, 0.717) is 28.4 Å². The predicted molar refractivity (Wildman–Crippen MR) is 127 cm³/mol. The van der Waals surface area contributed by atoms with Gasteiger partial charge in [-0.1, -0.05) is 6.07 Å². The van der Waals surface area contributed by atoms with Crippen molar-refractivity contribution in [2.75, 3.05) is 19.0 Å². The molecular formula is C25H30N6O2. The monoisotopic (exact) mass is 449 g/mol. The van der Waals surface area contributed by atoms with Crippen LogP contribution in [0.2, 0.25) is 0 Å².